The zero-order valence-corrected chi connectivity index (χ0v) is 40.2. The van der Waals surface area contributed by atoms with Crippen molar-refractivity contribution in [2.45, 2.75) is 118 Å². The van der Waals surface area contributed by atoms with Crippen LogP contribution in [0.3, 0.4) is 0 Å². The summed E-state index contributed by atoms with van der Waals surface area (Å²) in [5.74, 6) is -1.23. The number of esters is 2. The first-order valence-electron chi connectivity index (χ1n) is 17.7. The molecule has 9 nitrogen and oxygen atoms in total. The van der Waals surface area contributed by atoms with E-state index in [1.165, 1.54) is 29.4 Å². The number of carbonyl (C=O) groups excluding carboxylic acids is 4. The van der Waals surface area contributed by atoms with Crippen LogP contribution in [0.2, 0.25) is 36.3 Å². The quantitative estimate of drug-likeness (QED) is 0.0798. The summed E-state index contributed by atoms with van der Waals surface area (Å²) in [6.45, 7) is 30.1. The van der Waals surface area contributed by atoms with Crippen molar-refractivity contribution < 1.29 is 37.5 Å². The zero-order valence-electron chi connectivity index (χ0n) is 34.3. The molecule has 0 radical (unpaired) electrons. The van der Waals surface area contributed by atoms with Gasteiger partial charge in [0.05, 0.1) is 6.61 Å². The van der Waals surface area contributed by atoms with E-state index in [0.717, 1.165) is 35.2 Å². The minimum atomic E-state index is -1.89. The normalized spacial score (nSPS) is 11.7. The third kappa shape index (κ3) is 20.6. The van der Waals surface area contributed by atoms with Gasteiger partial charge in [0.2, 0.25) is 0 Å². The number of nitrogens with zero attached hydrogens (tertiary/aromatic N) is 1. The van der Waals surface area contributed by atoms with Gasteiger partial charge in [-0.1, -0.05) is 85.5 Å². The van der Waals surface area contributed by atoms with Gasteiger partial charge in [-0.25, -0.2) is 0 Å². The number of hydrogen-bond donors (Lipinski definition) is 0. The van der Waals surface area contributed by atoms with Gasteiger partial charge in [-0.15, -0.1) is 0 Å². The molecule has 0 aliphatic carbocycles. The lowest BCUT2D eigenvalue weighted by Crippen LogP contribution is -2.44. The molecule has 0 spiro atoms. The SMILES string of the molecule is CC(=O)OCC(=O)Cl.CC(=O)OCC(=O)N(CCO[Si](C)(C)C(C)(C)C)c1ccc(Br)c(C)c1.Cc1cc(CCCO[Si](C)(C)C(C)(C)C)ccc1Br. The number of halogens is 3. The van der Waals surface area contributed by atoms with Gasteiger partial charge >= 0.3 is 11.9 Å². The monoisotopic (exact) mass is 921 g/mol. The minimum Gasteiger partial charge on any atom is -0.456 e. The van der Waals surface area contributed by atoms with E-state index in [4.69, 9.17) is 25.2 Å². The summed E-state index contributed by atoms with van der Waals surface area (Å²) in [6.07, 6.45) is 2.20. The fourth-order valence-corrected chi connectivity index (χ4v) is 6.56. The maximum Gasteiger partial charge on any atom is 0.303 e. The molecule has 0 fully saturated rings. The number of ether oxygens (including phenoxy) is 2. The second-order valence-corrected chi connectivity index (χ2v) is 27.5. The molecule has 0 bridgehead atoms. The predicted molar refractivity (Wildman–Crippen MR) is 229 cm³/mol. The van der Waals surface area contributed by atoms with Gasteiger partial charge in [0, 0.05) is 41.6 Å². The van der Waals surface area contributed by atoms with Crippen LogP contribution in [0.4, 0.5) is 5.69 Å². The molecule has 0 aromatic heterocycles. The molecule has 0 unspecified atom stereocenters. The molecular weight excluding hydrogens is 862 g/mol. The van der Waals surface area contributed by atoms with Gasteiger partial charge in [0.25, 0.3) is 11.1 Å². The van der Waals surface area contributed by atoms with E-state index in [1.54, 1.807) is 4.90 Å². The number of carbonyl (C=O) groups is 4. The zero-order chi connectivity index (χ0) is 41.4. The fraction of sp³-hybridized carbons (Fsp3) is 0.590. The molecule has 0 saturated heterocycles. The van der Waals surface area contributed by atoms with Crippen LogP contribution in [0.1, 0.15) is 78.5 Å². The molecule has 53 heavy (non-hydrogen) atoms. The average molecular weight is 924 g/mol. The Morgan fingerprint density at radius 1 is 0.717 bits per heavy atom. The van der Waals surface area contributed by atoms with Crippen LogP contribution >= 0.6 is 43.5 Å². The summed E-state index contributed by atoms with van der Waals surface area (Å²) in [4.78, 5) is 45.0. The smallest absolute Gasteiger partial charge is 0.303 e. The van der Waals surface area contributed by atoms with Crippen LogP contribution < -0.4 is 4.90 Å². The Labute approximate surface area is 342 Å². The van der Waals surface area contributed by atoms with Crippen LogP contribution in [0.25, 0.3) is 0 Å². The van der Waals surface area contributed by atoms with Crippen molar-refractivity contribution in [1.82, 2.24) is 0 Å². The first-order valence-corrected chi connectivity index (χ1v) is 25.4. The number of benzene rings is 2. The van der Waals surface area contributed by atoms with Crippen molar-refractivity contribution >= 4 is 88.9 Å². The van der Waals surface area contributed by atoms with E-state index in [2.05, 4.69) is 129 Å². The highest BCUT2D eigenvalue weighted by Crippen LogP contribution is 2.37. The van der Waals surface area contributed by atoms with Gasteiger partial charge < -0.3 is 23.2 Å². The predicted octanol–water partition coefficient (Wildman–Crippen LogP) is 10.7. The van der Waals surface area contributed by atoms with Crippen molar-refractivity contribution in [3.8, 4) is 0 Å². The van der Waals surface area contributed by atoms with Crippen molar-refractivity contribution in [3.63, 3.8) is 0 Å². The molecular formula is C39H62Br2ClNO8Si2. The largest absolute Gasteiger partial charge is 0.456 e. The Morgan fingerprint density at radius 3 is 1.58 bits per heavy atom. The molecule has 0 saturated carbocycles. The number of hydrogen-bond acceptors (Lipinski definition) is 8. The first kappa shape index (κ1) is 51.1. The second kappa shape index (κ2) is 23.3. The summed E-state index contributed by atoms with van der Waals surface area (Å²) in [7, 11) is -3.46. The van der Waals surface area contributed by atoms with Crippen LogP contribution in [0.5, 0.6) is 0 Å². The molecule has 0 heterocycles. The van der Waals surface area contributed by atoms with Gasteiger partial charge in [0.15, 0.2) is 29.8 Å². The minimum absolute atomic E-state index is 0.105. The van der Waals surface area contributed by atoms with E-state index in [-0.39, 0.29) is 24.2 Å². The Bertz CT molecular complexity index is 1490. The molecule has 14 heteroatoms. The Hall–Kier alpha value is -1.88. The molecule has 1 amide bonds. The molecule has 300 valence electrons. The van der Waals surface area contributed by atoms with E-state index >= 15 is 0 Å². The fourth-order valence-electron chi connectivity index (χ4n) is 3.89. The summed E-state index contributed by atoms with van der Waals surface area (Å²) in [5.41, 5.74) is 4.50. The highest BCUT2D eigenvalue weighted by molar-refractivity contribution is 9.10. The molecule has 0 N–H and O–H groups in total. The van der Waals surface area contributed by atoms with Gasteiger partial charge in [-0.05, 0) is 116 Å². The lowest BCUT2D eigenvalue weighted by molar-refractivity contribution is -0.145. The first-order chi connectivity index (χ1) is 24.1. The number of amides is 1. The van der Waals surface area contributed by atoms with Crippen LogP contribution in [0, 0.1) is 13.8 Å². The van der Waals surface area contributed by atoms with Crippen molar-refractivity contribution in [2.75, 3.05) is 37.9 Å². The van der Waals surface area contributed by atoms with Gasteiger partial charge in [0.1, 0.15) is 0 Å². The second-order valence-electron chi connectivity index (χ2n) is 15.8. The lowest BCUT2D eigenvalue weighted by atomic mass is 10.1. The van der Waals surface area contributed by atoms with E-state index in [0.29, 0.717) is 18.2 Å². The van der Waals surface area contributed by atoms with Gasteiger partial charge in [-0.2, -0.15) is 0 Å². The molecule has 2 aromatic rings. The van der Waals surface area contributed by atoms with Crippen LogP contribution in [-0.4, -0.2) is 72.7 Å². The Balaban J connectivity index is 0.000000872. The van der Waals surface area contributed by atoms with Gasteiger partial charge in [-0.3, -0.25) is 19.2 Å². The third-order valence-corrected chi connectivity index (χ3v) is 20.2. The maximum atomic E-state index is 12.6. The highest BCUT2D eigenvalue weighted by atomic mass is 79.9. The summed E-state index contributed by atoms with van der Waals surface area (Å²) < 4.78 is 23.6. The third-order valence-electron chi connectivity index (χ3n) is 9.23. The van der Waals surface area contributed by atoms with Crippen LogP contribution in [-0.2, 0) is 43.9 Å². The summed E-state index contributed by atoms with van der Waals surface area (Å²) in [5, 5.41) is -0.255. The molecule has 2 rings (SSSR count). The molecule has 0 atom stereocenters. The summed E-state index contributed by atoms with van der Waals surface area (Å²) >= 11 is 11.8. The van der Waals surface area contributed by atoms with Crippen molar-refractivity contribution in [3.05, 3.63) is 62.0 Å². The van der Waals surface area contributed by atoms with E-state index in [1.807, 2.05) is 25.1 Å². The maximum absolute atomic E-state index is 12.6. The number of rotatable bonds is 14. The van der Waals surface area contributed by atoms with E-state index in [9.17, 15) is 19.2 Å². The Kier molecular flexibility index (Phi) is 22.4. The molecule has 0 aliphatic rings. The standard InChI is InChI=1S/C19H30BrNO4Si.C16H27BrOSi.C4H5ClO3/c1-14-12-16(8-9-17(14)20)21(18(23)13-24-15(2)22)10-11-25-26(6,7)19(3,4)5;1-13-12-14(9-10-15(13)17)8-7-11-18-19(5,6)16(2,3)4;1-3(6)8-2-4(5)7/h8-9,12H,10-11,13H2,1-7H3;9-10,12H,7-8,11H2,1-6H3;2H2,1H3. The highest BCUT2D eigenvalue weighted by Gasteiger charge is 2.38. The summed E-state index contributed by atoms with van der Waals surface area (Å²) in [6, 6.07) is 12.3. The average Bonchev–Trinajstić information content (AvgIpc) is 3.02. The van der Waals surface area contributed by atoms with Crippen LogP contribution in [0.15, 0.2) is 45.3 Å². The lowest BCUT2D eigenvalue weighted by Gasteiger charge is -2.36. The number of anilines is 1. The molecule has 2 aromatic carbocycles. The van der Waals surface area contributed by atoms with Crippen molar-refractivity contribution in [2.24, 2.45) is 0 Å². The topological polar surface area (TPSA) is 108 Å². The van der Waals surface area contributed by atoms with E-state index < -0.39 is 33.8 Å². The Morgan fingerprint density at radius 2 is 1.17 bits per heavy atom. The van der Waals surface area contributed by atoms with Crippen molar-refractivity contribution in [1.29, 1.82) is 0 Å². The molecule has 0 aliphatic heterocycles. The number of aryl methyl sites for hydroxylation is 3.